The van der Waals surface area contributed by atoms with Crippen molar-refractivity contribution in [2.24, 2.45) is 0 Å². The summed E-state index contributed by atoms with van der Waals surface area (Å²) in [4.78, 5) is 28.0. The molecule has 2 aromatic heterocycles. The average molecular weight is 495 g/mol. The van der Waals surface area contributed by atoms with Gasteiger partial charge in [0.2, 0.25) is 0 Å². The molecule has 35 heavy (non-hydrogen) atoms. The van der Waals surface area contributed by atoms with Gasteiger partial charge in [-0.1, -0.05) is 17.3 Å². The minimum Gasteiger partial charge on any atom is -0.493 e. The molecule has 0 saturated heterocycles. The Morgan fingerprint density at radius 3 is 2.66 bits per heavy atom. The molecule has 1 N–H and O–H groups in total. The van der Waals surface area contributed by atoms with Crippen molar-refractivity contribution in [2.75, 3.05) is 12.4 Å². The topological polar surface area (TPSA) is 130 Å². The molecule has 0 aliphatic rings. The number of methoxy groups -OCH3 is 1. The van der Waals surface area contributed by atoms with E-state index in [9.17, 15) is 14.9 Å². The number of anilines is 1. The first-order valence-corrected chi connectivity index (χ1v) is 11.4. The molecule has 1 amide bonds. The Bertz CT molecular complexity index is 1390. The summed E-state index contributed by atoms with van der Waals surface area (Å²) in [6.45, 7) is 5.58. The van der Waals surface area contributed by atoms with Crippen molar-refractivity contribution >= 4 is 28.1 Å². The van der Waals surface area contributed by atoms with E-state index in [1.165, 1.54) is 24.5 Å². The lowest BCUT2D eigenvalue weighted by atomic mass is 10.1. The summed E-state index contributed by atoms with van der Waals surface area (Å²) in [5, 5.41) is 20.0. The number of hydrogen-bond acceptors (Lipinski definition) is 9. The van der Waals surface area contributed by atoms with E-state index in [1.54, 1.807) is 42.6 Å². The highest BCUT2D eigenvalue weighted by molar-refractivity contribution is 7.14. The molecule has 0 spiro atoms. The van der Waals surface area contributed by atoms with Crippen LogP contribution in [0.4, 0.5) is 10.8 Å². The minimum atomic E-state index is -0.428. The number of benzene rings is 2. The molecule has 2 heterocycles. The Morgan fingerprint density at radius 1 is 1.17 bits per heavy atom. The predicted octanol–water partition coefficient (Wildman–Crippen LogP) is 5.47. The fourth-order valence-corrected chi connectivity index (χ4v) is 4.10. The SMILES string of the molecule is COc1cc(C(=O)Nc2nc(-c3ccc(C)c([N+](=O)[O-])c3)cs2)ccc1OCc1c(C)noc1C. The van der Waals surface area contributed by atoms with Crippen LogP contribution in [0.2, 0.25) is 0 Å². The maximum atomic E-state index is 12.8. The summed E-state index contributed by atoms with van der Waals surface area (Å²) in [6.07, 6.45) is 0. The molecule has 2 aromatic carbocycles. The number of hydrogen-bond donors (Lipinski definition) is 1. The Balaban J connectivity index is 1.47. The molecule has 0 unspecified atom stereocenters. The quantitative estimate of drug-likeness (QED) is 0.252. The first-order chi connectivity index (χ1) is 16.8. The Labute approximate surface area is 204 Å². The van der Waals surface area contributed by atoms with Gasteiger partial charge in [-0.25, -0.2) is 4.98 Å². The zero-order valence-electron chi connectivity index (χ0n) is 19.4. The van der Waals surface area contributed by atoms with E-state index in [4.69, 9.17) is 14.0 Å². The molecular weight excluding hydrogens is 472 g/mol. The Morgan fingerprint density at radius 2 is 1.97 bits per heavy atom. The number of ether oxygens (including phenoxy) is 2. The monoisotopic (exact) mass is 494 g/mol. The third-order valence-corrected chi connectivity index (χ3v) is 6.16. The van der Waals surface area contributed by atoms with Gasteiger partial charge in [-0.2, -0.15) is 0 Å². The van der Waals surface area contributed by atoms with Crippen LogP contribution >= 0.6 is 11.3 Å². The van der Waals surface area contributed by atoms with E-state index in [-0.39, 0.29) is 18.2 Å². The first-order valence-electron chi connectivity index (χ1n) is 10.5. The molecule has 180 valence electrons. The van der Waals surface area contributed by atoms with Crippen LogP contribution in [-0.4, -0.2) is 28.1 Å². The summed E-state index contributed by atoms with van der Waals surface area (Å²) in [7, 11) is 1.49. The van der Waals surface area contributed by atoms with Crippen molar-refractivity contribution in [1.29, 1.82) is 0 Å². The molecule has 4 aromatic rings. The van der Waals surface area contributed by atoms with Gasteiger partial charge in [-0.3, -0.25) is 20.2 Å². The average Bonchev–Trinajstić information content (AvgIpc) is 3.43. The number of carbonyl (C=O) groups excluding carboxylic acids is 1. The largest absolute Gasteiger partial charge is 0.493 e. The van der Waals surface area contributed by atoms with Crippen LogP contribution in [-0.2, 0) is 6.61 Å². The smallest absolute Gasteiger partial charge is 0.272 e. The van der Waals surface area contributed by atoms with Gasteiger partial charge < -0.3 is 14.0 Å². The van der Waals surface area contributed by atoms with Crippen molar-refractivity contribution in [2.45, 2.75) is 27.4 Å². The van der Waals surface area contributed by atoms with E-state index in [1.807, 2.05) is 13.8 Å². The number of aryl methyl sites for hydroxylation is 3. The van der Waals surface area contributed by atoms with Gasteiger partial charge in [-0.15, -0.1) is 11.3 Å². The van der Waals surface area contributed by atoms with E-state index in [0.29, 0.717) is 44.8 Å². The zero-order valence-corrected chi connectivity index (χ0v) is 20.3. The number of nitrogens with zero attached hydrogens (tertiary/aromatic N) is 3. The van der Waals surface area contributed by atoms with Gasteiger partial charge in [0.1, 0.15) is 12.4 Å². The summed E-state index contributed by atoms with van der Waals surface area (Å²) in [5.74, 6) is 1.18. The summed E-state index contributed by atoms with van der Waals surface area (Å²) < 4.78 is 16.4. The minimum absolute atomic E-state index is 0.0184. The second kappa shape index (κ2) is 9.94. The number of nitrogens with one attached hydrogen (secondary N) is 1. The third kappa shape index (κ3) is 5.14. The second-order valence-electron chi connectivity index (χ2n) is 7.71. The van der Waals surface area contributed by atoms with Crippen LogP contribution < -0.4 is 14.8 Å². The molecule has 11 heteroatoms. The van der Waals surface area contributed by atoms with Crippen LogP contribution in [0, 0.1) is 30.9 Å². The zero-order chi connectivity index (χ0) is 25.1. The summed E-state index contributed by atoms with van der Waals surface area (Å²) in [6, 6.07) is 9.77. The highest BCUT2D eigenvalue weighted by Gasteiger charge is 2.17. The molecule has 0 aliphatic carbocycles. The number of nitro groups is 1. The molecule has 10 nitrogen and oxygen atoms in total. The molecule has 0 radical (unpaired) electrons. The van der Waals surface area contributed by atoms with Crippen molar-refractivity contribution in [3.8, 4) is 22.8 Å². The number of aromatic nitrogens is 2. The van der Waals surface area contributed by atoms with Gasteiger partial charge in [-0.05, 0) is 39.0 Å². The van der Waals surface area contributed by atoms with Crippen molar-refractivity contribution in [3.05, 3.63) is 80.0 Å². The second-order valence-corrected chi connectivity index (χ2v) is 8.57. The standard InChI is InChI=1S/C24H22N4O6S/c1-13-5-6-16(9-20(13)28(30)31)19-12-35-24(25-19)26-23(29)17-7-8-21(22(10-17)32-4)33-11-18-14(2)27-34-15(18)3/h5-10,12H,11H2,1-4H3,(H,25,26,29). The lowest BCUT2D eigenvalue weighted by Crippen LogP contribution is -2.12. The van der Waals surface area contributed by atoms with E-state index in [2.05, 4.69) is 15.5 Å². The lowest BCUT2D eigenvalue weighted by Gasteiger charge is -2.12. The molecular formula is C24H22N4O6S. The number of amides is 1. The number of carbonyl (C=O) groups is 1. The number of thiazole rings is 1. The molecule has 0 atom stereocenters. The highest BCUT2D eigenvalue weighted by Crippen LogP contribution is 2.32. The maximum Gasteiger partial charge on any atom is 0.272 e. The fraction of sp³-hybridized carbons (Fsp3) is 0.208. The fourth-order valence-electron chi connectivity index (χ4n) is 3.38. The van der Waals surface area contributed by atoms with Gasteiger partial charge in [0.15, 0.2) is 16.6 Å². The number of rotatable bonds is 8. The van der Waals surface area contributed by atoms with Crippen LogP contribution in [0.1, 0.15) is 32.9 Å². The highest BCUT2D eigenvalue weighted by atomic mass is 32.1. The molecule has 4 rings (SSSR count). The molecule has 0 fully saturated rings. The van der Waals surface area contributed by atoms with Crippen LogP contribution in [0.25, 0.3) is 11.3 Å². The Kier molecular flexibility index (Phi) is 6.78. The van der Waals surface area contributed by atoms with Crippen LogP contribution in [0.15, 0.2) is 46.3 Å². The number of nitro benzene ring substituents is 1. The predicted molar refractivity (Wildman–Crippen MR) is 130 cm³/mol. The Hall–Kier alpha value is -4.25. The maximum absolute atomic E-state index is 12.8. The van der Waals surface area contributed by atoms with Crippen molar-refractivity contribution in [3.63, 3.8) is 0 Å². The molecule has 0 bridgehead atoms. The van der Waals surface area contributed by atoms with Gasteiger partial charge in [0, 0.05) is 28.1 Å². The first kappa shape index (κ1) is 23.9. The van der Waals surface area contributed by atoms with E-state index in [0.717, 1.165) is 11.3 Å². The lowest BCUT2D eigenvalue weighted by molar-refractivity contribution is -0.385. The van der Waals surface area contributed by atoms with Crippen molar-refractivity contribution < 1.29 is 23.7 Å². The van der Waals surface area contributed by atoms with Gasteiger partial charge in [0.05, 0.1) is 29.0 Å². The van der Waals surface area contributed by atoms with Crippen molar-refractivity contribution in [1.82, 2.24) is 10.1 Å². The van der Waals surface area contributed by atoms with Gasteiger partial charge >= 0.3 is 0 Å². The third-order valence-electron chi connectivity index (χ3n) is 5.41. The summed E-state index contributed by atoms with van der Waals surface area (Å²) >= 11 is 1.22. The molecule has 0 aliphatic heterocycles. The molecule has 0 saturated carbocycles. The van der Waals surface area contributed by atoms with Crippen LogP contribution in [0.3, 0.4) is 0 Å². The van der Waals surface area contributed by atoms with E-state index < -0.39 is 4.92 Å². The normalized spacial score (nSPS) is 10.7. The van der Waals surface area contributed by atoms with Gasteiger partial charge in [0.25, 0.3) is 11.6 Å². The van der Waals surface area contributed by atoms with E-state index >= 15 is 0 Å². The summed E-state index contributed by atoms with van der Waals surface area (Å²) in [5.41, 5.74) is 3.68. The van der Waals surface area contributed by atoms with Crippen LogP contribution in [0.5, 0.6) is 11.5 Å².